The normalized spacial score (nSPS) is 11.4. The number of carbonyl (C=O) groups excluding carboxylic acids is 1. The fourth-order valence-corrected chi connectivity index (χ4v) is 1.15. The van der Waals surface area contributed by atoms with Gasteiger partial charge in [-0.25, -0.2) is 9.18 Å². The van der Waals surface area contributed by atoms with E-state index in [1.54, 1.807) is 6.92 Å². The lowest BCUT2D eigenvalue weighted by molar-refractivity contribution is 0.0822. The first-order valence-corrected chi connectivity index (χ1v) is 4.88. The summed E-state index contributed by atoms with van der Waals surface area (Å²) in [6, 6.07) is 4.14. The smallest absolute Gasteiger partial charge is 0.404 e. The van der Waals surface area contributed by atoms with Crippen molar-refractivity contribution in [1.82, 2.24) is 0 Å². The van der Waals surface area contributed by atoms with Gasteiger partial charge >= 0.3 is 6.09 Å². The van der Waals surface area contributed by atoms with Crippen molar-refractivity contribution >= 4 is 6.09 Å². The van der Waals surface area contributed by atoms with Gasteiger partial charge in [0.1, 0.15) is 24.3 Å². The number of primary amides is 1. The van der Waals surface area contributed by atoms with Crippen LogP contribution in [0.3, 0.4) is 0 Å². The Morgan fingerprint density at radius 2 is 2.35 bits per heavy atom. The van der Waals surface area contributed by atoms with E-state index in [1.165, 1.54) is 18.2 Å². The number of carbonyl (C=O) groups is 1. The molecule has 1 amide bonds. The van der Waals surface area contributed by atoms with Crippen molar-refractivity contribution in [2.75, 3.05) is 6.61 Å². The Bertz CT molecular complexity index is 454. The summed E-state index contributed by atoms with van der Waals surface area (Å²) in [7, 11) is 0. The van der Waals surface area contributed by atoms with Gasteiger partial charge in [-0.05, 0) is 19.1 Å². The average molecular weight is 237 g/mol. The van der Waals surface area contributed by atoms with Crippen LogP contribution in [-0.4, -0.2) is 18.8 Å². The van der Waals surface area contributed by atoms with E-state index in [-0.39, 0.29) is 12.2 Å². The van der Waals surface area contributed by atoms with Crippen LogP contribution in [0.1, 0.15) is 12.5 Å². The number of benzene rings is 1. The molecule has 17 heavy (non-hydrogen) atoms. The molecule has 5 heteroatoms. The Morgan fingerprint density at radius 1 is 1.65 bits per heavy atom. The largest absolute Gasteiger partial charge is 0.490 e. The molecule has 0 saturated carbocycles. The van der Waals surface area contributed by atoms with Gasteiger partial charge in [-0.2, -0.15) is 0 Å². The summed E-state index contributed by atoms with van der Waals surface area (Å²) in [5.41, 5.74) is 4.99. The van der Waals surface area contributed by atoms with E-state index in [1.807, 2.05) is 0 Å². The molecule has 0 fully saturated rings. The summed E-state index contributed by atoms with van der Waals surface area (Å²) in [4.78, 5) is 10.4. The summed E-state index contributed by atoms with van der Waals surface area (Å²) in [6.07, 6.45) is 3.68. The minimum Gasteiger partial charge on any atom is -0.490 e. The molecular formula is C12H12FNO3. The highest BCUT2D eigenvalue weighted by Gasteiger charge is 2.08. The second-order valence-corrected chi connectivity index (χ2v) is 3.34. The Morgan fingerprint density at radius 3 is 2.88 bits per heavy atom. The van der Waals surface area contributed by atoms with Crippen LogP contribution in [0.2, 0.25) is 0 Å². The summed E-state index contributed by atoms with van der Waals surface area (Å²) < 4.78 is 23.1. The number of amides is 1. The first-order valence-electron chi connectivity index (χ1n) is 4.88. The molecular weight excluding hydrogens is 225 g/mol. The molecule has 0 unspecified atom stereocenters. The van der Waals surface area contributed by atoms with E-state index in [9.17, 15) is 9.18 Å². The molecule has 0 bridgehead atoms. The third-order valence-corrected chi connectivity index (χ3v) is 1.90. The van der Waals surface area contributed by atoms with Crippen LogP contribution in [0.5, 0.6) is 5.75 Å². The van der Waals surface area contributed by atoms with E-state index in [4.69, 9.17) is 16.9 Å². The van der Waals surface area contributed by atoms with Crippen molar-refractivity contribution in [2.24, 2.45) is 5.73 Å². The molecule has 0 aromatic heterocycles. The molecule has 1 aromatic carbocycles. The number of hydrogen-bond acceptors (Lipinski definition) is 3. The number of rotatable bonds is 4. The maximum atomic E-state index is 13.3. The fourth-order valence-electron chi connectivity index (χ4n) is 1.15. The molecule has 90 valence electrons. The van der Waals surface area contributed by atoms with Crippen molar-refractivity contribution in [3.8, 4) is 18.1 Å². The van der Waals surface area contributed by atoms with Crippen molar-refractivity contribution in [3.05, 3.63) is 29.6 Å². The predicted molar refractivity (Wildman–Crippen MR) is 60.0 cm³/mol. The summed E-state index contributed by atoms with van der Waals surface area (Å²) >= 11 is 0. The highest BCUT2D eigenvalue weighted by atomic mass is 19.1. The minimum absolute atomic E-state index is 0.0811. The molecule has 0 aliphatic heterocycles. The van der Waals surface area contributed by atoms with Gasteiger partial charge in [0.25, 0.3) is 0 Å². The van der Waals surface area contributed by atoms with Crippen LogP contribution in [0, 0.1) is 18.2 Å². The molecule has 4 nitrogen and oxygen atoms in total. The Labute approximate surface area is 98.5 Å². The van der Waals surface area contributed by atoms with Gasteiger partial charge in [0, 0.05) is 6.07 Å². The first-order chi connectivity index (χ1) is 8.02. The number of halogens is 1. The van der Waals surface area contributed by atoms with E-state index < -0.39 is 18.0 Å². The SMILES string of the molecule is C#Cc1ccc(OC[C@H](C)OC(N)=O)cc1F. The summed E-state index contributed by atoms with van der Waals surface area (Å²) in [5.74, 6) is 1.97. The van der Waals surface area contributed by atoms with Gasteiger partial charge in [-0.3, -0.25) is 0 Å². The fraction of sp³-hybridized carbons (Fsp3) is 0.250. The Kier molecular flexibility index (Phi) is 4.35. The van der Waals surface area contributed by atoms with Gasteiger partial charge in [0.15, 0.2) is 0 Å². The zero-order valence-electron chi connectivity index (χ0n) is 9.27. The monoisotopic (exact) mass is 237 g/mol. The number of nitrogens with two attached hydrogens (primary N) is 1. The van der Waals surface area contributed by atoms with Crippen LogP contribution in [0.4, 0.5) is 9.18 Å². The summed E-state index contributed by atoms with van der Waals surface area (Å²) in [6.45, 7) is 1.69. The number of ether oxygens (including phenoxy) is 2. The van der Waals surface area contributed by atoms with E-state index >= 15 is 0 Å². The lowest BCUT2D eigenvalue weighted by Crippen LogP contribution is -2.25. The topological polar surface area (TPSA) is 61.6 Å². The highest BCUT2D eigenvalue weighted by Crippen LogP contribution is 2.16. The maximum absolute atomic E-state index is 13.3. The number of terminal acetylenes is 1. The standard InChI is InChI=1S/C12H12FNO3/c1-3-9-4-5-10(6-11(9)13)16-7-8(2)17-12(14)15/h1,4-6,8H,7H2,2H3,(H2,14,15)/t8-/m0/s1. The van der Waals surface area contributed by atoms with Crippen molar-refractivity contribution < 1.29 is 18.7 Å². The van der Waals surface area contributed by atoms with Crippen LogP contribution in [0.25, 0.3) is 0 Å². The molecule has 0 saturated heterocycles. The van der Waals surface area contributed by atoms with Crippen molar-refractivity contribution in [1.29, 1.82) is 0 Å². The average Bonchev–Trinajstić information content (AvgIpc) is 2.25. The molecule has 1 aromatic rings. The van der Waals surface area contributed by atoms with Gasteiger partial charge in [0.05, 0.1) is 5.56 Å². The lowest BCUT2D eigenvalue weighted by Gasteiger charge is -2.12. The quantitative estimate of drug-likeness (QED) is 0.810. The summed E-state index contributed by atoms with van der Waals surface area (Å²) in [5, 5.41) is 0. The molecule has 0 spiro atoms. The number of hydrogen-bond donors (Lipinski definition) is 1. The van der Waals surface area contributed by atoms with Crippen molar-refractivity contribution in [3.63, 3.8) is 0 Å². The Hall–Kier alpha value is -2.22. The second kappa shape index (κ2) is 5.75. The van der Waals surface area contributed by atoms with Gasteiger partial charge in [-0.1, -0.05) is 5.92 Å². The predicted octanol–water partition coefficient (Wildman–Crippen LogP) is 1.67. The van der Waals surface area contributed by atoms with Gasteiger partial charge in [-0.15, -0.1) is 6.42 Å². The molecule has 0 radical (unpaired) electrons. The lowest BCUT2D eigenvalue weighted by atomic mass is 10.2. The zero-order chi connectivity index (χ0) is 12.8. The van der Waals surface area contributed by atoms with Crippen LogP contribution < -0.4 is 10.5 Å². The third-order valence-electron chi connectivity index (χ3n) is 1.90. The van der Waals surface area contributed by atoms with Crippen molar-refractivity contribution in [2.45, 2.75) is 13.0 Å². The third kappa shape index (κ3) is 4.03. The maximum Gasteiger partial charge on any atom is 0.404 e. The Balaban J connectivity index is 2.56. The first kappa shape index (κ1) is 12.8. The van der Waals surface area contributed by atoms with Gasteiger partial charge < -0.3 is 15.2 Å². The molecule has 0 aliphatic rings. The van der Waals surface area contributed by atoms with E-state index in [0.717, 1.165) is 0 Å². The van der Waals surface area contributed by atoms with E-state index in [2.05, 4.69) is 10.7 Å². The molecule has 0 aliphatic carbocycles. The van der Waals surface area contributed by atoms with Gasteiger partial charge in [0.2, 0.25) is 0 Å². The van der Waals surface area contributed by atoms with E-state index in [0.29, 0.717) is 5.75 Å². The molecule has 0 heterocycles. The highest BCUT2D eigenvalue weighted by molar-refractivity contribution is 5.64. The zero-order valence-corrected chi connectivity index (χ0v) is 9.27. The van der Waals surface area contributed by atoms with Crippen LogP contribution >= 0.6 is 0 Å². The molecule has 2 N–H and O–H groups in total. The van der Waals surface area contributed by atoms with Crippen LogP contribution in [-0.2, 0) is 4.74 Å². The minimum atomic E-state index is -0.880. The van der Waals surface area contributed by atoms with Crippen LogP contribution in [0.15, 0.2) is 18.2 Å². The molecule has 1 atom stereocenters. The molecule has 1 rings (SSSR count). The second-order valence-electron chi connectivity index (χ2n) is 3.34.